The zero-order chi connectivity index (χ0) is 43.4. The first-order valence-electron chi connectivity index (χ1n) is 19.0. The number of carbonyl (C=O) groups excluding carboxylic acids is 2. The number of carbonyl (C=O) groups is 2. The van der Waals surface area contributed by atoms with Crippen molar-refractivity contribution >= 4 is 57.8 Å². The minimum atomic E-state index is -4.63. The van der Waals surface area contributed by atoms with Gasteiger partial charge in [0, 0.05) is 42.1 Å². The number of benzene rings is 6. The Balaban J connectivity index is 1.41. The van der Waals surface area contributed by atoms with E-state index >= 15 is 9.59 Å². The fourth-order valence-electron chi connectivity index (χ4n) is 6.86. The van der Waals surface area contributed by atoms with Gasteiger partial charge in [-0.2, -0.15) is 26.3 Å². The molecule has 0 heterocycles. The molecule has 7 rings (SSSR count). The molecule has 0 spiro atoms. The van der Waals surface area contributed by atoms with Crippen molar-refractivity contribution in [3.63, 3.8) is 0 Å². The van der Waals surface area contributed by atoms with Crippen LogP contribution in [0.15, 0.2) is 141 Å². The van der Waals surface area contributed by atoms with Crippen molar-refractivity contribution in [2.45, 2.75) is 84.3 Å². The summed E-state index contributed by atoms with van der Waals surface area (Å²) in [6, 6.07) is 31.1. The predicted molar refractivity (Wildman–Crippen MR) is 228 cm³/mol. The maximum absolute atomic E-state index is 15.3. The van der Waals surface area contributed by atoms with Gasteiger partial charge in [0.25, 0.3) is 0 Å². The molecule has 0 unspecified atom stereocenters. The molecule has 0 amide bonds. The largest absolute Gasteiger partial charge is 0.416 e. The summed E-state index contributed by atoms with van der Waals surface area (Å²) in [5.41, 5.74) is 1.99. The Bertz CT molecular complexity index is 2440. The van der Waals surface area contributed by atoms with Gasteiger partial charge in [-0.15, -0.1) is 0 Å². The number of hydrogen-bond acceptors (Lipinski definition) is 6. The Labute approximate surface area is 353 Å². The van der Waals surface area contributed by atoms with Gasteiger partial charge in [-0.1, -0.05) is 101 Å². The highest BCUT2D eigenvalue weighted by Gasteiger charge is 2.39. The van der Waals surface area contributed by atoms with Gasteiger partial charge in [0.2, 0.25) is 0 Å². The molecule has 0 aliphatic heterocycles. The lowest BCUT2D eigenvalue weighted by Crippen LogP contribution is -2.25. The molecule has 12 heteroatoms. The summed E-state index contributed by atoms with van der Waals surface area (Å²) >= 11 is 1.78. The van der Waals surface area contributed by atoms with Crippen molar-refractivity contribution in [1.29, 1.82) is 0 Å². The zero-order valence-electron chi connectivity index (χ0n) is 33.4. The van der Waals surface area contributed by atoms with Crippen LogP contribution in [-0.2, 0) is 23.2 Å². The summed E-state index contributed by atoms with van der Waals surface area (Å²) in [6.45, 7) is 12.5. The average Bonchev–Trinajstić information content (AvgIpc) is 3.17. The second-order valence-electron chi connectivity index (χ2n) is 16.5. The molecule has 0 bridgehead atoms. The van der Waals surface area contributed by atoms with E-state index in [-0.39, 0.29) is 52.7 Å². The van der Waals surface area contributed by atoms with Crippen molar-refractivity contribution in [2.75, 3.05) is 10.6 Å². The van der Waals surface area contributed by atoms with Crippen LogP contribution in [0.2, 0.25) is 0 Å². The molecule has 0 atom stereocenters. The van der Waals surface area contributed by atoms with E-state index in [1.165, 1.54) is 36.4 Å². The van der Waals surface area contributed by atoms with Gasteiger partial charge in [0.1, 0.15) is 0 Å². The maximum Gasteiger partial charge on any atom is 0.416 e. The summed E-state index contributed by atoms with van der Waals surface area (Å²) in [5, 5.41) is 6.66. The van der Waals surface area contributed by atoms with Crippen molar-refractivity contribution in [3.8, 4) is 0 Å². The quantitative estimate of drug-likeness (QED) is 0.149. The van der Waals surface area contributed by atoms with Gasteiger partial charge in [-0.3, -0.25) is 9.59 Å². The Kier molecular flexibility index (Phi) is 11.3. The number of halogens is 6. The van der Waals surface area contributed by atoms with Crippen LogP contribution < -0.4 is 10.6 Å². The fraction of sp³-hybridized carbons (Fsp3) is 0.208. The van der Waals surface area contributed by atoms with E-state index in [4.69, 9.17) is 0 Å². The molecule has 0 fully saturated rings. The number of alkyl halides is 6. The predicted octanol–water partition coefficient (Wildman–Crippen LogP) is 14.9. The number of anilines is 4. The summed E-state index contributed by atoms with van der Waals surface area (Å²) in [6.07, 6.45) is -9.26. The highest BCUT2D eigenvalue weighted by molar-refractivity contribution is 8.00. The minimum absolute atomic E-state index is 0.0378. The van der Waals surface area contributed by atoms with Crippen LogP contribution in [0.1, 0.15) is 95.6 Å². The van der Waals surface area contributed by atoms with E-state index in [0.29, 0.717) is 22.7 Å². The first-order valence-corrected chi connectivity index (χ1v) is 20.6. The third-order valence-electron chi connectivity index (χ3n) is 10.1. The molecule has 0 saturated carbocycles. The second kappa shape index (κ2) is 15.9. The summed E-state index contributed by atoms with van der Waals surface area (Å²) in [5.74, 6) is -1.16. The highest BCUT2D eigenvalue weighted by atomic mass is 32.2. The third-order valence-corrected chi connectivity index (χ3v) is 12.2. The minimum Gasteiger partial charge on any atom is -0.355 e. The molecule has 0 aromatic heterocycles. The smallest absolute Gasteiger partial charge is 0.355 e. The molecule has 60 heavy (non-hydrogen) atoms. The first kappa shape index (κ1) is 42.7. The van der Waals surface area contributed by atoms with Crippen molar-refractivity contribution in [3.05, 3.63) is 166 Å². The summed E-state index contributed by atoms with van der Waals surface area (Å²) < 4.78 is 82.8. The molecule has 1 aliphatic rings. The van der Waals surface area contributed by atoms with Crippen LogP contribution in [0, 0.1) is 0 Å². The average molecular weight is 855 g/mol. The molecule has 308 valence electrons. The molecule has 1 aliphatic carbocycles. The van der Waals surface area contributed by atoms with Crippen molar-refractivity contribution in [2.24, 2.45) is 0 Å². The van der Waals surface area contributed by atoms with Crippen LogP contribution in [0.4, 0.5) is 49.1 Å². The molecule has 0 saturated heterocycles. The number of rotatable bonds is 8. The van der Waals surface area contributed by atoms with Crippen molar-refractivity contribution < 1.29 is 35.9 Å². The van der Waals surface area contributed by atoms with Gasteiger partial charge in [0.05, 0.1) is 33.6 Å². The second-order valence-corrected chi connectivity index (χ2v) is 18.8. The number of nitrogens with one attached hydrogen (secondary N) is 2. The summed E-state index contributed by atoms with van der Waals surface area (Å²) in [4.78, 5) is 31.3. The van der Waals surface area contributed by atoms with Gasteiger partial charge in [0.15, 0.2) is 11.6 Å². The number of ketones is 2. The van der Waals surface area contributed by atoms with E-state index in [9.17, 15) is 26.3 Å². The lowest BCUT2D eigenvalue weighted by atomic mass is 9.82. The van der Waals surface area contributed by atoms with Crippen molar-refractivity contribution in [1.82, 2.24) is 0 Å². The first-order chi connectivity index (χ1) is 28.1. The molecule has 6 aromatic rings. The van der Waals surface area contributed by atoms with Crippen LogP contribution in [0.5, 0.6) is 0 Å². The molecule has 4 nitrogen and oxygen atoms in total. The topological polar surface area (TPSA) is 58.2 Å². The Hall–Kier alpha value is -5.46. The number of fused-ring (bicyclic) bond motifs is 2. The van der Waals surface area contributed by atoms with Crippen LogP contribution >= 0.6 is 23.5 Å². The normalized spacial score (nSPS) is 13.2. The van der Waals surface area contributed by atoms with Gasteiger partial charge < -0.3 is 10.6 Å². The monoisotopic (exact) mass is 854 g/mol. The standard InChI is InChI=1S/C48H40F6N2O2S2/c1-45(2,3)27-13-17-31(18-14-27)55-35-21-22-36(56-32-19-15-28(16-20-32)46(4,5)6)40-39(35)43(57)41-37(59-33-11-7-9-29(25-33)47(49,50)51)23-24-38(42(41)44(40)58)60-34-12-8-10-30(26-34)48(52,53)54/h7-26,55-56H,1-6H3. The highest BCUT2D eigenvalue weighted by Crippen LogP contribution is 2.47. The van der Waals surface area contributed by atoms with Gasteiger partial charge in [-0.25, -0.2) is 0 Å². The molecular weight excluding hydrogens is 815 g/mol. The maximum atomic E-state index is 15.3. The fourth-order valence-corrected chi connectivity index (χ4v) is 8.90. The van der Waals surface area contributed by atoms with E-state index in [2.05, 4.69) is 52.2 Å². The van der Waals surface area contributed by atoms with E-state index in [1.54, 1.807) is 12.1 Å². The van der Waals surface area contributed by atoms with E-state index in [0.717, 1.165) is 58.9 Å². The van der Waals surface area contributed by atoms with E-state index < -0.39 is 35.0 Å². The molecule has 0 radical (unpaired) electrons. The van der Waals surface area contributed by atoms with Gasteiger partial charge >= 0.3 is 12.4 Å². The molecule has 2 N–H and O–H groups in total. The van der Waals surface area contributed by atoms with Crippen LogP contribution in [-0.4, -0.2) is 11.6 Å². The third kappa shape index (κ3) is 9.00. The van der Waals surface area contributed by atoms with Crippen LogP contribution in [0.25, 0.3) is 0 Å². The van der Waals surface area contributed by atoms with Gasteiger partial charge in [-0.05, 0) is 107 Å². The Morgan fingerprint density at radius 1 is 0.417 bits per heavy atom. The molecule has 6 aromatic carbocycles. The zero-order valence-corrected chi connectivity index (χ0v) is 35.1. The Morgan fingerprint density at radius 3 is 1.08 bits per heavy atom. The SMILES string of the molecule is CC(C)(C)c1ccc(Nc2ccc(Nc3ccc(C(C)(C)C)cc3)c3c2C(=O)c2c(Sc4cccc(C(F)(F)F)c4)ccc(Sc4cccc(C(F)(F)F)c4)c2C3=O)cc1. The lowest BCUT2D eigenvalue weighted by Gasteiger charge is -2.27. The lowest BCUT2D eigenvalue weighted by molar-refractivity contribution is -0.138. The summed E-state index contributed by atoms with van der Waals surface area (Å²) in [7, 11) is 0. The molecular formula is C48H40F6N2O2S2. The number of hydrogen-bond donors (Lipinski definition) is 2. The Morgan fingerprint density at radius 2 is 0.767 bits per heavy atom. The van der Waals surface area contributed by atoms with E-state index in [1.807, 2.05) is 48.5 Å². The van der Waals surface area contributed by atoms with Crippen LogP contribution in [0.3, 0.4) is 0 Å².